The molecule has 0 radical (unpaired) electrons. The van der Waals surface area contributed by atoms with Crippen molar-refractivity contribution in [3.63, 3.8) is 0 Å². The fourth-order valence-electron chi connectivity index (χ4n) is 3.57. The van der Waals surface area contributed by atoms with Crippen LogP contribution in [0.4, 0.5) is 30.2 Å². The molecule has 38 heavy (non-hydrogen) atoms. The van der Waals surface area contributed by atoms with E-state index in [2.05, 4.69) is 10.0 Å². The van der Waals surface area contributed by atoms with Gasteiger partial charge in [-0.2, -0.15) is 13.2 Å². The van der Waals surface area contributed by atoms with Gasteiger partial charge in [-0.05, 0) is 73.5 Å². The number of hydrogen-bond acceptors (Lipinski definition) is 5. The Kier molecular flexibility index (Phi) is 8.72. The zero-order valence-corrected chi connectivity index (χ0v) is 22.1. The number of carbonyl (C=O) groups is 1. The van der Waals surface area contributed by atoms with E-state index in [1.807, 2.05) is 13.0 Å². The van der Waals surface area contributed by atoms with E-state index < -0.39 is 37.7 Å². The summed E-state index contributed by atoms with van der Waals surface area (Å²) in [5, 5.41) is 2.61. The first-order valence-electron chi connectivity index (χ1n) is 11.3. The van der Waals surface area contributed by atoms with E-state index in [0.717, 1.165) is 24.0 Å². The molecule has 0 bridgehead atoms. The van der Waals surface area contributed by atoms with Gasteiger partial charge in [0.2, 0.25) is 15.9 Å². The third kappa shape index (κ3) is 7.96. The monoisotopic (exact) mass is 569 g/mol. The maximum absolute atomic E-state index is 12.9. The number of anilines is 3. The third-order valence-corrected chi connectivity index (χ3v) is 7.94. The number of rotatable bonds is 10. The maximum Gasteiger partial charge on any atom is 0.416 e. The molecule has 0 saturated heterocycles. The topological polar surface area (TPSA) is 113 Å². The van der Waals surface area contributed by atoms with E-state index in [9.17, 15) is 34.8 Å². The summed E-state index contributed by atoms with van der Waals surface area (Å²) < 4.78 is 91.6. The van der Waals surface area contributed by atoms with Crippen molar-refractivity contribution in [2.45, 2.75) is 30.8 Å². The Morgan fingerprint density at radius 1 is 0.895 bits per heavy atom. The van der Waals surface area contributed by atoms with Gasteiger partial charge in [0.05, 0.1) is 22.4 Å². The van der Waals surface area contributed by atoms with Gasteiger partial charge in [-0.1, -0.05) is 18.2 Å². The molecule has 204 valence electrons. The molecule has 3 aromatic rings. The summed E-state index contributed by atoms with van der Waals surface area (Å²) in [6, 6.07) is 15.9. The number of carbonyl (C=O) groups excluding carboxylic acids is 1. The van der Waals surface area contributed by atoms with Gasteiger partial charge >= 0.3 is 6.18 Å². The number of aryl methyl sites for hydroxylation is 1. The summed E-state index contributed by atoms with van der Waals surface area (Å²) in [7, 11) is -7.74. The first-order valence-corrected chi connectivity index (χ1v) is 14.6. The zero-order chi connectivity index (χ0) is 28.1. The molecule has 2 N–H and O–H groups in total. The third-order valence-electron chi connectivity index (χ3n) is 5.35. The molecule has 13 heteroatoms. The molecule has 0 aliphatic rings. The molecule has 0 aliphatic heterocycles. The highest BCUT2D eigenvalue weighted by atomic mass is 32.2. The van der Waals surface area contributed by atoms with Crippen molar-refractivity contribution in [2.75, 3.05) is 27.1 Å². The fourth-order valence-corrected chi connectivity index (χ4v) is 5.57. The molecule has 0 aromatic heterocycles. The molecular formula is C25H26F3N3O5S2. The maximum atomic E-state index is 12.9. The van der Waals surface area contributed by atoms with Crippen LogP contribution in [-0.2, 0) is 31.0 Å². The minimum atomic E-state index is -4.62. The van der Waals surface area contributed by atoms with Crippen LogP contribution in [0.15, 0.2) is 77.7 Å². The first-order chi connectivity index (χ1) is 17.6. The molecule has 0 fully saturated rings. The van der Waals surface area contributed by atoms with Crippen LogP contribution in [-0.4, -0.2) is 35.5 Å². The molecule has 3 aromatic carbocycles. The van der Waals surface area contributed by atoms with Gasteiger partial charge in [-0.3, -0.25) is 13.8 Å². The molecule has 0 saturated carbocycles. The van der Waals surface area contributed by atoms with Gasteiger partial charge in [0, 0.05) is 24.3 Å². The lowest BCUT2D eigenvalue weighted by Crippen LogP contribution is -2.31. The minimum Gasteiger partial charge on any atom is -0.326 e. The quantitative estimate of drug-likeness (QED) is 0.357. The van der Waals surface area contributed by atoms with E-state index in [4.69, 9.17) is 0 Å². The Morgan fingerprint density at radius 3 is 2.16 bits per heavy atom. The minimum absolute atomic E-state index is 0.00892. The van der Waals surface area contributed by atoms with Crippen molar-refractivity contribution in [1.82, 2.24) is 0 Å². The predicted octanol–water partition coefficient (Wildman–Crippen LogP) is 5.00. The van der Waals surface area contributed by atoms with Gasteiger partial charge < -0.3 is 5.32 Å². The van der Waals surface area contributed by atoms with Gasteiger partial charge in [-0.25, -0.2) is 16.8 Å². The van der Waals surface area contributed by atoms with Gasteiger partial charge in [0.1, 0.15) is 0 Å². The lowest BCUT2D eigenvalue weighted by atomic mass is 10.2. The van der Waals surface area contributed by atoms with Crippen LogP contribution in [0.5, 0.6) is 0 Å². The second-order valence-corrected chi connectivity index (χ2v) is 12.1. The molecule has 0 heterocycles. The summed E-state index contributed by atoms with van der Waals surface area (Å²) in [6.07, 6.45) is -3.28. The highest BCUT2D eigenvalue weighted by Gasteiger charge is 2.30. The average molecular weight is 570 g/mol. The highest BCUT2D eigenvalue weighted by Crippen LogP contribution is 2.31. The molecular weight excluding hydrogens is 543 g/mol. The second-order valence-electron chi connectivity index (χ2n) is 8.53. The second kappa shape index (κ2) is 11.4. The number of halogens is 3. The molecule has 1 amide bonds. The van der Waals surface area contributed by atoms with Crippen molar-refractivity contribution >= 4 is 43.0 Å². The van der Waals surface area contributed by atoms with Crippen LogP contribution < -0.4 is 14.3 Å². The fraction of sp³-hybridized carbons (Fsp3) is 0.240. The summed E-state index contributed by atoms with van der Waals surface area (Å²) in [5.74, 6) is -0.402. The van der Waals surface area contributed by atoms with E-state index in [-0.39, 0.29) is 30.0 Å². The van der Waals surface area contributed by atoms with Crippen molar-refractivity contribution in [2.24, 2.45) is 0 Å². The van der Waals surface area contributed by atoms with Crippen LogP contribution in [0.1, 0.15) is 24.0 Å². The summed E-state index contributed by atoms with van der Waals surface area (Å²) in [4.78, 5) is 12.2. The Bertz CT molecular complexity index is 1510. The smallest absolute Gasteiger partial charge is 0.326 e. The molecule has 8 nitrogen and oxygen atoms in total. The van der Waals surface area contributed by atoms with Crippen molar-refractivity contribution in [3.8, 4) is 0 Å². The number of amides is 1. The number of nitrogens with zero attached hydrogens (tertiary/aromatic N) is 1. The van der Waals surface area contributed by atoms with Crippen LogP contribution in [0, 0.1) is 6.92 Å². The van der Waals surface area contributed by atoms with Crippen molar-refractivity contribution in [1.29, 1.82) is 0 Å². The number of alkyl halides is 3. The van der Waals surface area contributed by atoms with Crippen molar-refractivity contribution in [3.05, 3.63) is 83.9 Å². The average Bonchev–Trinajstić information content (AvgIpc) is 2.81. The largest absolute Gasteiger partial charge is 0.416 e. The first kappa shape index (κ1) is 29.0. The normalized spacial score (nSPS) is 12.1. The number of benzene rings is 3. The Labute approximate surface area is 219 Å². The Morgan fingerprint density at radius 2 is 1.55 bits per heavy atom. The molecule has 0 spiro atoms. The predicted molar refractivity (Wildman–Crippen MR) is 140 cm³/mol. The van der Waals surface area contributed by atoms with Crippen LogP contribution in [0.2, 0.25) is 0 Å². The zero-order valence-electron chi connectivity index (χ0n) is 20.5. The molecule has 0 unspecified atom stereocenters. The number of hydrogen-bond donors (Lipinski definition) is 2. The lowest BCUT2D eigenvalue weighted by Gasteiger charge is -2.22. The molecule has 0 atom stereocenters. The highest BCUT2D eigenvalue weighted by molar-refractivity contribution is 7.92. The van der Waals surface area contributed by atoms with E-state index >= 15 is 0 Å². The summed E-state index contributed by atoms with van der Waals surface area (Å²) >= 11 is 0. The van der Waals surface area contributed by atoms with Gasteiger partial charge in [0.25, 0.3) is 10.0 Å². The number of sulfonamides is 2. The Balaban J connectivity index is 1.59. The van der Waals surface area contributed by atoms with Crippen LogP contribution in [0.3, 0.4) is 0 Å². The Hall–Kier alpha value is -3.58. The standard InChI is InChI=1S/C25H26F3N3O5S2/c1-18-6-3-9-22(16-18)31(37(2,33)34)15-5-10-24(32)29-20-11-13-23(14-12-20)38(35,36)30-21-8-4-7-19(17-21)25(26,27)28/h3-4,6-9,11-14,16-17,30H,5,10,15H2,1-2H3,(H,29,32). The molecule has 3 rings (SSSR count). The van der Waals surface area contributed by atoms with E-state index in [1.54, 1.807) is 18.2 Å². The van der Waals surface area contributed by atoms with Crippen molar-refractivity contribution < 1.29 is 34.8 Å². The molecule has 0 aliphatic carbocycles. The summed E-state index contributed by atoms with van der Waals surface area (Å²) in [5.41, 5.74) is 0.458. The SMILES string of the molecule is Cc1cccc(N(CCCC(=O)Nc2ccc(S(=O)(=O)Nc3cccc(C(F)(F)F)c3)cc2)S(C)(=O)=O)c1. The van der Waals surface area contributed by atoms with Crippen LogP contribution >= 0.6 is 0 Å². The van der Waals surface area contributed by atoms with Gasteiger partial charge in [0.15, 0.2) is 0 Å². The van der Waals surface area contributed by atoms with Crippen LogP contribution in [0.25, 0.3) is 0 Å². The van der Waals surface area contributed by atoms with E-state index in [1.165, 1.54) is 34.6 Å². The van der Waals surface area contributed by atoms with E-state index in [0.29, 0.717) is 17.4 Å². The van der Waals surface area contributed by atoms with Gasteiger partial charge in [-0.15, -0.1) is 0 Å². The lowest BCUT2D eigenvalue weighted by molar-refractivity contribution is -0.137. The summed E-state index contributed by atoms with van der Waals surface area (Å²) in [6.45, 7) is 1.93. The number of nitrogens with one attached hydrogen (secondary N) is 2.